The fourth-order valence-corrected chi connectivity index (χ4v) is 3.51. The molecule has 0 spiro atoms. The Kier molecular flexibility index (Phi) is 5.02. The Hall–Kier alpha value is -2.04. The highest BCUT2D eigenvalue weighted by atomic mass is 35.5. The normalized spacial score (nSPS) is 17.0. The van der Waals surface area contributed by atoms with Gasteiger partial charge in [-0.2, -0.15) is 0 Å². The molecule has 0 bridgehead atoms. The Labute approximate surface area is 156 Å². The van der Waals surface area contributed by atoms with Gasteiger partial charge in [0, 0.05) is 23.7 Å². The SMILES string of the molecule is Cc1ccc(N2C[C@@H](C(=O)Nc3ccc(Cl)cc3Cl)CC2=O)c(C)c1. The predicted octanol–water partition coefficient (Wildman–Crippen LogP) is 4.60. The number of nitrogens with one attached hydrogen (secondary N) is 1. The summed E-state index contributed by atoms with van der Waals surface area (Å²) in [5.41, 5.74) is 3.51. The average Bonchev–Trinajstić information content (AvgIpc) is 2.92. The highest BCUT2D eigenvalue weighted by molar-refractivity contribution is 6.36. The summed E-state index contributed by atoms with van der Waals surface area (Å²) < 4.78 is 0. The molecule has 2 amide bonds. The lowest BCUT2D eigenvalue weighted by Crippen LogP contribution is -2.28. The molecule has 1 aliphatic rings. The number of hydrogen-bond acceptors (Lipinski definition) is 2. The fourth-order valence-electron chi connectivity index (χ4n) is 3.05. The molecule has 6 heteroatoms. The van der Waals surface area contributed by atoms with Crippen LogP contribution in [0.5, 0.6) is 0 Å². The number of amides is 2. The van der Waals surface area contributed by atoms with Crippen molar-refractivity contribution < 1.29 is 9.59 Å². The van der Waals surface area contributed by atoms with Crippen molar-refractivity contribution in [3.63, 3.8) is 0 Å². The number of carbonyl (C=O) groups is 2. The number of nitrogens with zero attached hydrogens (tertiary/aromatic N) is 1. The minimum absolute atomic E-state index is 0.0469. The van der Waals surface area contributed by atoms with Crippen molar-refractivity contribution in [3.05, 3.63) is 57.6 Å². The summed E-state index contributed by atoms with van der Waals surface area (Å²) in [6.07, 6.45) is 0.185. The molecule has 3 rings (SSSR count). The van der Waals surface area contributed by atoms with E-state index in [9.17, 15) is 9.59 Å². The zero-order chi connectivity index (χ0) is 18.1. The number of anilines is 2. The number of carbonyl (C=O) groups excluding carboxylic acids is 2. The highest BCUT2D eigenvalue weighted by Crippen LogP contribution is 2.30. The van der Waals surface area contributed by atoms with Gasteiger partial charge in [-0.05, 0) is 43.7 Å². The number of hydrogen-bond donors (Lipinski definition) is 1. The van der Waals surface area contributed by atoms with E-state index >= 15 is 0 Å². The Balaban J connectivity index is 1.74. The molecule has 0 saturated carbocycles. The molecule has 1 fully saturated rings. The second-order valence-electron chi connectivity index (χ2n) is 6.31. The van der Waals surface area contributed by atoms with Gasteiger partial charge < -0.3 is 10.2 Å². The zero-order valence-electron chi connectivity index (χ0n) is 14.0. The minimum Gasteiger partial charge on any atom is -0.324 e. The van der Waals surface area contributed by atoms with E-state index in [0.29, 0.717) is 22.3 Å². The van der Waals surface area contributed by atoms with Crippen LogP contribution < -0.4 is 10.2 Å². The molecule has 0 radical (unpaired) electrons. The molecule has 0 aromatic heterocycles. The van der Waals surface area contributed by atoms with Crippen molar-refractivity contribution in [2.24, 2.45) is 5.92 Å². The van der Waals surface area contributed by atoms with E-state index < -0.39 is 5.92 Å². The number of benzene rings is 2. The number of aryl methyl sites for hydroxylation is 2. The van der Waals surface area contributed by atoms with Crippen LogP contribution in [0.15, 0.2) is 36.4 Å². The quantitative estimate of drug-likeness (QED) is 0.850. The summed E-state index contributed by atoms with van der Waals surface area (Å²) in [5, 5.41) is 3.66. The van der Waals surface area contributed by atoms with Crippen LogP contribution in [0.3, 0.4) is 0 Å². The monoisotopic (exact) mass is 376 g/mol. The third-order valence-electron chi connectivity index (χ3n) is 4.33. The largest absolute Gasteiger partial charge is 0.324 e. The maximum Gasteiger partial charge on any atom is 0.229 e. The van der Waals surface area contributed by atoms with E-state index in [0.717, 1.165) is 16.8 Å². The zero-order valence-corrected chi connectivity index (χ0v) is 15.5. The molecule has 1 N–H and O–H groups in total. The second kappa shape index (κ2) is 7.06. The third kappa shape index (κ3) is 3.80. The standard InChI is InChI=1S/C19H18Cl2N2O2/c1-11-3-6-17(12(2)7-11)23-10-13(8-18(23)24)19(25)22-16-5-4-14(20)9-15(16)21/h3-7,9,13H,8,10H2,1-2H3,(H,22,25)/t13-/m0/s1. The van der Waals surface area contributed by atoms with Gasteiger partial charge in [-0.25, -0.2) is 0 Å². The van der Waals surface area contributed by atoms with Crippen LogP contribution in [0, 0.1) is 19.8 Å². The van der Waals surface area contributed by atoms with Crippen molar-refractivity contribution in [1.82, 2.24) is 0 Å². The highest BCUT2D eigenvalue weighted by Gasteiger charge is 2.35. The summed E-state index contributed by atoms with van der Waals surface area (Å²) >= 11 is 12.0. The lowest BCUT2D eigenvalue weighted by atomic mass is 10.1. The fraction of sp³-hybridized carbons (Fsp3) is 0.263. The molecule has 2 aromatic rings. The Morgan fingerprint density at radius 1 is 1.16 bits per heavy atom. The van der Waals surface area contributed by atoms with Gasteiger partial charge in [-0.15, -0.1) is 0 Å². The lowest BCUT2D eigenvalue weighted by Gasteiger charge is -2.19. The van der Waals surface area contributed by atoms with Crippen molar-refractivity contribution in [3.8, 4) is 0 Å². The van der Waals surface area contributed by atoms with Crippen LogP contribution in [0.4, 0.5) is 11.4 Å². The minimum atomic E-state index is -0.417. The molecule has 25 heavy (non-hydrogen) atoms. The molecule has 1 aliphatic heterocycles. The van der Waals surface area contributed by atoms with Gasteiger partial charge in [0.1, 0.15) is 0 Å². The molecule has 0 aliphatic carbocycles. The topological polar surface area (TPSA) is 49.4 Å². The third-order valence-corrected chi connectivity index (χ3v) is 4.88. The second-order valence-corrected chi connectivity index (χ2v) is 7.15. The van der Waals surface area contributed by atoms with Crippen molar-refractivity contribution >= 4 is 46.4 Å². The van der Waals surface area contributed by atoms with Crippen LogP contribution in [0.1, 0.15) is 17.5 Å². The Morgan fingerprint density at radius 2 is 1.92 bits per heavy atom. The molecule has 130 valence electrons. The van der Waals surface area contributed by atoms with Crippen LogP contribution in [-0.4, -0.2) is 18.4 Å². The number of rotatable bonds is 3. The first kappa shape index (κ1) is 17.8. The summed E-state index contributed by atoms with van der Waals surface area (Å²) in [6, 6.07) is 10.8. The Bertz CT molecular complexity index is 851. The van der Waals surface area contributed by atoms with Crippen LogP contribution in [0.25, 0.3) is 0 Å². The summed E-state index contributed by atoms with van der Waals surface area (Å²) in [7, 11) is 0. The average molecular weight is 377 g/mol. The Morgan fingerprint density at radius 3 is 2.60 bits per heavy atom. The molecule has 1 saturated heterocycles. The molecule has 1 atom stereocenters. The van der Waals surface area contributed by atoms with Gasteiger partial charge in [-0.3, -0.25) is 9.59 Å². The van der Waals surface area contributed by atoms with E-state index in [-0.39, 0.29) is 18.2 Å². The van der Waals surface area contributed by atoms with Gasteiger partial charge in [0.25, 0.3) is 0 Å². The molecule has 2 aromatic carbocycles. The first-order valence-corrected chi connectivity index (χ1v) is 8.74. The molecular weight excluding hydrogens is 359 g/mol. The first-order valence-electron chi connectivity index (χ1n) is 7.98. The van der Waals surface area contributed by atoms with E-state index in [4.69, 9.17) is 23.2 Å². The maximum absolute atomic E-state index is 12.5. The van der Waals surface area contributed by atoms with Gasteiger partial charge in [-0.1, -0.05) is 40.9 Å². The van der Waals surface area contributed by atoms with E-state index in [1.165, 1.54) is 0 Å². The van der Waals surface area contributed by atoms with E-state index in [1.54, 1.807) is 23.1 Å². The molecule has 0 unspecified atom stereocenters. The summed E-state index contributed by atoms with van der Waals surface area (Å²) in [4.78, 5) is 26.6. The molecule has 4 nitrogen and oxygen atoms in total. The maximum atomic E-state index is 12.5. The predicted molar refractivity (Wildman–Crippen MR) is 101 cm³/mol. The first-order chi connectivity index (χ1) is 11.8. The van der Waals surface area contributed by atoms with Gasteiger partial charge in [0.2, 0.25) is 11.8 Å². The number of halogens is 2. The summed E-state index contributed by atoms with van der Waals surface area (Å²) in [5.74, 6) is -0.681. The lowest BCUT2D eigenvalue weighted by molar-refractivity contribution is -0.122. The van der Waals surface area contributed by atoms with Gasteiger partial charge in [0.05, 0.1) is 16.6 Å². The van der Waals surface area contributed by atoms with Crippen molar-refractivity contribution in [2.75, 3.05) is 16.8 Å². The van der Waals surface area contributed by atoms with Gasteiger partial charge >= 0.3 is 0 Å². The van der Waals surface area contributed by atoms with Crippen LogP contribution >= 0.6 is 23.2 Å². The van der Waals surface area contributed by atoms with Crippen molar-refractivity contribution in [2.45, 2.75) is 20.3 Å². The molecular formula is C19H18Cl2N2O2. The van der Waals surface area contributed by atoms with E-state index in [1.807, 2.05) is 32.0 Å². The van der Waals surface area contributed by atoms with Crippen molar-refractivity contribution in [1.29, 1.82) is 0 Å². The van der Waals surface area contributed by atoms with Crippen LogP contribution in [0.2, 0.25) is 10.0 Å². The molecule has 1 heterocycles. The van der Waals surface area contributed by atoms with Crippen LogP contribution in [-0.2, 0) is 9.59 Å². The smallest absolute Gasteiger partial charge is 0.229 e. The van der Waals surface area contributed by atoms with Gasteiger partial charge in [0.15, 0.2) is 0 Å². The summed E-state index contributed by atoms with van der Waals surface area (Å²) in [6.45, 7) is 4.34. The van der Waals surface area contributed by atoms with E-state index in [2.05, 4.69) is 5.32 Å².